The fourth-order valence-corrected chi connectivity index (χ4v) is 3.37. The number of carbonyl (C=O) groups is 1. The molecule has 24 heavy (non-hydrogen) atoms. The van der Waals surface area contributed by atoms with E-state index < -0.39 is 23.1 Å². The molecule has 0 spiro atoms. The molecule has 126 valence electrons. The van der Waals surface area contributed by atoms with E-state index in [1.54, 1.807) is 10.9 Å². The first-order chi connectivity index (χ1) is 11.6. The van der Waals surface area contributed by atoms with Crippen LogP contribution in [0.25, 0.3) is 0 Å². The van der Waals surface area contributed by atoms with Gasteiger partial charge in [-0.1, -0.05) is 11.3 Å². The molecule has 8 heteroatoms. The lowest BCUT2D eigenvalue weighted by Crippen LogP contribution is -2.50. The zero-order chi connectivity index (χ0) is 16.8. The number of halogens is 2. The van der Waals surface area contributed by atoms with Crippen molar-refractivity contribution < 1.29 is 18.3 Å². The second kappa shape index (κ2) is 5.62. The van der Waals surface area contributed by atoms with Gasteiger partial charge in [-0.3, -0.25) is 4.79 Å². The van der Waals surface area contributed by atoms with E-state index in [4.69, 9.17) is 4.74 Å². The van der Waals surface area contributed by atoms with Gasteiger partial charge in [0.25, 0.3) is 5.91 Å². The lowest BCUT2D eigenvalue weighted by molar-refractivity contribution is -0.0606. The van der Waals surface area contributed by atoms with E-state index in [9.17, 15) is 13.6 Å². The predicted molar refractivity (Wildman–Crippen MR) is 79.3 cm³/mol. The largest absolute Gasteiger partial charge is 0.370 e. The fraction of sp³-hybridized carbons (Fsp3) is 0.438. The highest BCUT2D eigenvalue weighted by atomic mass is 19.1. The molecular formula is C16H16F2N4O2. The van der Waals surface area contributed by atoms with E-state index >= 15 is 0 Å². The first kappa shape index (κ1) is 15.2. The minimum absolute atomic E-state index is 0.0737. The fourth-order valence-electron chi connectivity index (χ4n) is 3.37. The number of aryl methyl sites for hydroxylation is 1. The molecule has 2 aliphatic heterocycles. The quantitative estimate of drug-likeness (QED) is 0.799. The van der Waals surface area contributed by atoms with Gasteiger partial charge in [-0.15, -0.1) is 5.10 Å². The summed E-state index contributed by atoms with van der Waals surface area (Å²) in [5.74, 6) is -2.28. The van der Waals surface area contributed by atoms with Gasteiger partial charge < -0.3 is 9.64 Å². The van der Waals surface area contributed by atoms with Crippen LogP contribution in [0.5, 0.6) is 0 Å². The molecule has 1 amide bonds. The second-order valence-electron chi connectivity index (χ2n) is 6.18. The molecular weight excluding hydrogens is 318 g/mol. The molecule has 0 bridgehead atoms. The number of aromatic nitrogens is 3. The zero-order valence-electron chi connectivity index (χ0n) is 13.1. The number of benzene rings is 1. The Labute approximate surface area is 137 Å². The average Bonchev–Trinajstić information content (AvgIpc) is 3.07. The maximum absolute atomic E-state index is 14.3. The first-order valence-corrected chi connectivity index (χ1v) is 7.81. The van der Waals surface area contributed by atoms with Crippen molar-refractivity contribution >= 4 is 5.91 Å². The number of hydrogen-bond acceptors (Lipinski definition) is 4. The molecule has 0 aliphatic carbocycles. The average molecular weight is 334 g/mol. The third-order valence-corrected chi connectivity index (χ3v) is 4.71. The van der Waals surface area contributed by atoms with Crippen molar-refractivity contribution in [3.63, 3.8) is 0 Å². The van der Waals surface area contributed by atoms with Gasteiger partial charge in [0, 0.05) is 13.1 Å². The van der Waals surface area contributed by atoms with Crippen LogP contribution in [0.3, 0.4) is 0 Å². The summed E-state index contributed by atoms with van der Waals surface area (Å²) in [7, 11) is 0. The summed E-state index contributed by atoms with van der Waals surface area (Å²) in [5.41, 5.74) is 0.580. The predicted octanol–water partition coefficient (Wildman–Crippen LogP) is 1.85. The minimum Gasteiger partial charge on any atom is -0.370 e. The van der Waals surface area contributed by atoms with Crippen LogP contribution in [0.1, 0.15) is 34.1 Å². The van der Waals surface area contributed by atoms with Gasteiger partial charge in [0.05, 0.1) is 30.6 Å². The summed E-state index contributed by atoms with van der Waals surface area (Å²) in [4.78, 5) is 14.1. The van der Waals surface area contributed by atoms with Crippen molar-refractivity contribution in [3.8, 4) is 0 Å². The summed E-state index contributed by atoms with van der Waals surface area (Å²) in [6, 6.07) is 2.26. The topological polar surface area (TPSA) is 60.3 Å². The van der Waals surface area contributed by atoms with E-state index in [1.807, 2.05) is 0 Å². The molecule has 0 N–H and O–H groups in total. The molecule has 1 aromatic heterocycles. The Balaban J connectivity index is 1.63. The summed E-state index contributed by atoms with van der Waals surface area (Å²) < 4.78 is 35.8. The number of fused-ring (bicyclic) bond motifs is 3. The van der Waals surface area contributed by atoms with Crippen LogP contribution in [-0.4, -0.2) is 45.0 Å². The van der Waals surface area contributed by atoms with Crippen LogP contribution >= 0.6 is 0 Å². The van der Waals surface area contributed by atoms with Crippen LogP contribution in [0.2, 0.25) is 0 Å². The third kappa shape index (κ3) is 2.29. The van der Waals surface area contributed by atoms with Gasteiger partial charge in [-0.2, -0.15) is 0 Å². The number of nitrogens with zero attached hydrogens (tertiary/aromatic N) is 4. The van der Waals surface area contributed by atoms with Gasteiger partial charge in [-0.25, -0.2) is 13.5 Å². The molecule has 2 aliphatic rings. The molecule has 3 heterocycles. The lowest BCUT2D eigenvalue weighted by atomic mass is 9.99. The molecule has 1 saturated heterocycles. The van der Waals surface area contributed by atoms with Gasteiger partial charge in [0.15, 0.2) is 0 Å². The Bertz CT molecular complexity index is 807. The third-order valence-electron chi connectivity index (χ3n) is 4.71. The normalized spacial score (nSPS) is 22.9. The summed E-state index contributed by atoms with van der Waals surface area (Å²) in [6.45, 7) is 2.61. The van der Waals surface area contributed by atoms with Gasteiger partial charge in [0.2, 0.25) is 0 Å². The van der Waals surface area contributed by atoms with E-state index in [-0.39, 0.29) is 24.3 Å². The highest BCUT2D eigenvalue weighted by molar-refractivity contribution is 5.95. The number of rotatable bonds is 1. The van der Waals surface area contributed by atoms with Crippen LogP contribution in [0, 0.1) is 18.6 Å². The molecule has 0 unspecified atom stereocenters. The van der Waals surface area contributed by atoms with Gasteiger partial charge >= 0.3 is 0 Å². The van der Waals surface area contributed by atoms with Crippen molar-refractivity contribution in [2.45, 2.75) is 32.1 Å². The van der Waals surface area contributed by atoms with E-state index in [0.717, 1.165) is 11.8 Å². The highest BCUT2D eigenvalue weighted by Crippen LogP contribution is 2.31. The smallest absolute Gasteiger partial charge is 0.259 e. The number of amides is 1. The number of piperidine rings is 1. The van der Waals surface area contributed by atoms with Crippen LogP contribution in [-0.2, 0) is 11.3 Å². The monoisotopic (exact) mass is 334 g/mol. The van der Waals surface area contributed by atoms with Crippen molar-refractivity contribution in [3.05, 3.63) is 46.8 Å². The molecule has 4 rings (SSSR count). The lowest BCUT2D eigenvalue weighted by Gasteiger charge is -2.41. The first-order valence-electron chi connectivity index (χ1n) is 7.81. The van der Waals surface area contributed by atoms with E-state index in [0.29, 0.717) is 19.6 Å². The molecule has 2 atom stereocenters. The van der Waals surface area contributed by atoms with Gasteiger partial charge in [0.1, 0.15) is 17.2 Å². The Morgan fingerprint density at radius 3 is 3.04 bits per heavy atom. The summed E-state index contributed by atoms with van der Waals surface area (Å²) in [5, 5.41) is 7.93. The number of hydrogen-bond donors (Lipinski definition) is 0. The Kier molecular flexibility index (Phi) is 3.56. The molecule has 1 fully saturated rings. The van der Waals surface area contributed by atoms with Gasteiger partial charge in [-0.05, 0) is 25.0 Å². The molecule has 0 saturated carbocycles. The Hall–Kier alpha value is -2.35. The van der Waals surface area contributed by atoms with Crippen LogP contribution in [0.15, 0.2) is 18.3 Å². The second-order valence-corrected chi connectivity index (χ2v) is 6.18. The zero-order valence-corrected chi connectivity index (χ0v) is 13.1. The maximum atomic E-state index is 14.3. The molecule has 2 aromatic rings. The molecule has 0 radical (unpaired) electrons. The Morgan fingerprint density at radius 1 is 1.38 bits per heavy atom. The number of ether oxygens (including phenoxy) is 1. The van der Waals surface area contributed by atoms with Crippen molar-refractivity contribution in [1.82, 2.24) is 19.9 Å². The number of likely N-dealkylation sites (tertiary alicyclic amines) is 1. The number of carbonyl (C=O) groups excluding carboxylic acids is 1. The maximum Gasteiger partial charge on any atom is 0.259 e. The summed E-state index contributed by atoms with van der Waals surface area (Å²) in [6.07, 6.45) is 2.14. The van der Waals surface area contributed by atoms with Crippen LogP contribution < -0.4 is 0 Å². The standard InChI is InChI=1S/C16H16F2N4O2/c1-9-2-3-11(17)14(15(9)18)16(23)21-5-4-13-12(7-21)22-10(8-24-13)6-19-20-22/h2-3,6,12-13H,4-5,7-8H2,1H3/t12-,13-/m1/s1. The molecule has 6 nitrogen and oxygen atoms in total. The van der Waals surface area contributed by atoms with E-state index in [1.165, 1.54) is 17.9 Å². The van der Waals surface area contributed by atoms with E-state index in [2.05, 4.69) is 10.3 Å². The van der Waals surface area contributed by atoms with Crippen molar-refractivity contribution in [2.75, 3.05) is 13.1 Å². The minimum atomic E-state index is -0.841. The van der Waals surface area contributed by atoms with Crippen molar-refractivity contribution in [2.24, 2.45) is 0 Å². The highest BCUT2D eigenvalue weighted by Gasteiger charge is 2.39. The molecule has 1 aromatic carbocycles. The SMILES string of the molecule is Cc1ccc(F)c(C(=O)N2CC[C@H]3OCc4cnnn4[C@@H]3C2)c1F. The Morgan fingerprint density at radius 2 is 2.21 bits per heavy atom. The van der Waals surface area contributed by atoms with Crippen molar-refractivity contribution in [1.29, 1.82) is 0 Å². The summed E-state index contributed by atoms with van der Waals surface area (Å²) >= 11 is 0. The van der Waals surface area contributed by atoms with Crippen LogP contribution in [0.4, 0.5) is 8.78 Å².